The lowest BCUT2D eigenvalue weighted by molar-refractivity contribution is -0.111. The van der Waals surface area contributed by atoms with Crippen molar-refractivity contribution in [3.63, 3.8) is 0 Å². The lowest BCUT2D eigenvalue weighted by atomic mass is 10.1. The van der Waals surface area contributed by atoms with Crippen LogP contribution in [0.5, 0.6) is 5.75 Å². The molecule has 2 aromatic rings. The van der Waals surface area contributed by atoms with E-state index in [0.29, 0.717) is 0 Å². The third kappa shape index (κ3) is 5.47. The Bertz CT molecular complexity index is 537. The monoisotopic (exact) mass is 362 g/mol. The molecular weight excluding hydrogens is 340 g/mol. The van der Waals surface area contributed by atoms with Crippen molar-refractivity contribution in [1.82, 2.24) is 0 Å². The second-order valence-corrected chi connectivity index (χ2v) is 6.27. The lowest BCUT2D eigenvalue weighted by Gasteiger charge is -2.22. The molecule has 0 aliphatic rings. The van der Waals surface area contributed by atoms with Gasteiger partial charge in [-0.1, -0.05) is 58.4 Å². The largest absolute Gasteiger partial charge is 0.461 e. The minimum Gasteiger partial charge on any atom is -0.461 e. The molecule has 2 nitrogen and oxygen atoms in total. The number of alkyl halides is 1. The van der Waals surface area contributed by atoms with Gasteiger partial charge in [0.15, 0.2) is 0 Å². The Morgan fingerprint density at radius 3 is 2.23 bits per heavy atom. The maximum Gasteiger partial charge on any atom is 0.226 e. The Kier molecular flexibility index (Phi) is 6.94. The van der Waals surface area contributed by atoms with Crippen LogP contribution in [0, 0.1) is 0 Å². The van der Waals surface area contributed by atoms with E-state index in [9.17, 15) is 0 Å². The average Bonchev–Trinajstić information content (AvgIpc) is 2.54. The van der Waals surface area contributed by atoms with Crippen molar-refractivity contribution in [2.24, 2.45) is 0 Å². The van der Waals surface area contributed by atoms with Crippen LogP contribution >= 0.6 is 15.9 Å². The molecule has 3 heteroatoms. The van der Waals surface area contributed by atoms with Gasteiger partial charge in [0.1, 0.15) is 5.75 Å². The number of aryl methyl sites for hydroxylation is 1. The number of benzene rings is 2. The summed E-state index contributed by atoms with van der Waals surface area (Å²) in [6.45, 7) is 4.03. The molecule has 0 amide bonds. The fraction of sp³-hybridized carbons (Fsp3) is 0.368. The van der Waals surface area contributed by atoms with E-state index < -0.39 is 0 Å². The molecule has 0 radical (unpaired) electrons. The highest BCUT2D eigenvalue weighted by molar-refractivity contribution is 9.09. The van der Waals surface area contributed by atoms with Gasteiger partial charge in [-0.15, -0.1) is 0 Å². The van der Waals surface area contributed by atoms with Crippen molar-refractivity contribution < 1.29 is 9.47 Å². The molecule has 2 rings (SSSR count). The Morgan fingerprint density at radius 1 is 0.955 bits per heavy atom. The fourth-order valence-electron chi connectivity index (χ4n) is 2.16. The molecule has 22 heavy (non-hydrogen) atoms. The van der Waals surface area contributed by atoms with Crippen LogP contribution in [-0.2, 0) is 11.2 Å². The summed E-state index contributed by atoms with van der Waals surface area (Å²) in [5.74, 6) is 0.831. The van der Waals surface area contributed by atoms with Crippen LogP contribution in [0.15, 0.2) is 54.6 Å². The van der Waals surface area contributed by atoms with E-state index in [4.69, 9.17) is 9.47 Å². The molecule has 0 saturated carbocycles. The quantitative estimate of drug-likeness (QED) is 0.454. The number of ether oxygens (including phenoxy) is 2. The SMILES string of the molecule is CC(C)O[C@H](Oc1ccc(CCCBr)cc1)c1ccccc1. The number of hydrogen-bond acceptors (Lipinski definition) is 2. The normalized spacial score (nSPS) is 12.4. The van der Waals surface area contributed by atoms with Gasteiger partial charge in [-0.2, -0.15) is 0 Å². The van der Waals surface area contributed by atoms with Crippen molar-refractivity contribution in [3.05, 3.63) is 65.7 Å². The van der Waals surface area contributed by atoms with Crippen LogP contribution in [0.4, 0.5) is 0 Å². The topological polar surface area (TPSA) is 18.5 Å². The smallest absolute Gasteiger partial charge is 0.226 e. The first-order chi connectivity index (χ1) is 10.7. The minimum absolute atomic E-state index is 0.100. The standard InChI is InChI=1S/C19H23BrO2/c1-15(2)21-19(17-8-4-3-5-9-17)22-18-12-10-16(11-13-18)7-6-14-20/h3-5,8-13,15,19H,6-7,14H2,1-2H3/t19-/m1/s1. The summed E-state index contributed by atoms with van der Waals surface area (Å²) >= 11 is 3.46. The molecule has 118 valence electrons. The zero-order valence-electron chi connectivity index (χ0n) is 13.2. The number of rotatable bonds is 8. The summed E-state index contributed by atoms with van der Waals surface area (Å²) in [7, 11) is 0. The van der Waals surface area contributed by atoms with Crippen LogP contribution in [0.2, 0.25) is 0 Å². The molecule has 0 saturated heterocycles. The van der Waals surface area contributed by atoms with E-state index in [2.05, 4.69) is 28.1 Å². The van der Waals surface area contributed by atoms with Crippen molar-refractivity contribution in [3.8, 4) is 5.75 Å². The van der Waals surface area contributed by atoms with Crippen LogP contribution in [-0.4, -0.2) is 11.4 Å². The number of halogens is 1. The first kappa shape index (κ1) is 17.0. The van der Waals surface area contributed by atoms with Gasteiger partial charge >= 0.3 is 0 Å². The highest BCUT2D eigenvalue weighted by atomic mass is 79.9. The molecule has 0 bridgehead atoms. The van der Waals surface area contributed by atoms with Crippen molar-refractivity contribution in [2.45, 2.75) is 39.1 Å². The van der Waals surface area contributed by atoms with E-state index >= 15 is 0 Å². The molecule has 0 aliphatic heterocycles. The van der Waals surface area contributed by atoms with Crippen LogP contribution in [0.3, 0.4) is 0 Å². The minimum atomic E-state index is -0.380. The zero-order chi connectivity index (χ0) is 15.8. The summed E-state index contributed by atoms with van der Waals surface area (Å²) in [6.07, 6.45) is 1.94. The molecule has 1 atom stereocenters. The van der Waals surface area contributed by atoms with E-state index in [1.54, 1.807) is 0 Å². The summed E-state index contributed by atoms with van der Waals surface area (Å²) in [5.41, 5.74) is 2.35. The van der Waals surface area contributed by atoms with Gasteiger partial charge in [0.25, 0.3) is 0 Å². The van der Waals surface area contributed by atoms with Crippen LogP contribution in [0.1, 0.15) is 37.7 Å². The Hall–Kier alpha value is -1.32. The van der Waals surface area contributed by atoms with E-state index in [1.807, 2.05) is 56.3 Å². The summed E-state index contributed by atoms with van der Waals surface area (Å²) in [6, 6.07) is 18.3. The second-order valence-electron chi connectivity index (χ2n) is 5.48. The van der Waals surface area contributed by atoms with Crippen LogP contribution in [0.25, 0.3) is 0 Å². The lowest BCUT2D eigenvalue weighted by Crippen LogP contribution is -2.16. The Balaban J connectivity index is 2.06. The van der Waals surface area contributed by atoms with Gasteiger partial charge in [-0.05, 0) is 44.4 Å². The van der Waals surface area contributed by atoms with Crippen molar-refractivity contribution in [1.29, 1.82) is 0 Å². The van der Waals surface area contributed by atoms with Crippen molar-refractivity contribution >= 4 is 15.9 Å². The highest BCUT2D eigenvalue weighted by Gasteiger charge is 2.15. The molecule has 0 N–H and O–H groups in total. The first-order valence-corrected chi connectivity index (χ1v) is 8.83. The zero-order valence-corrected chi connectivity index (χ0v) is 14.8. The highest BCUT2D eigenvalue weighted by Crippen LogP contribution is 2.25. The van der Waals surface area contributed by atoms with E-state index in [-0.39, 0.29) is 12.4 Å². The molecule has 0 unspecified atom stereocenters. The first-order valence-electron chi connectivity index (χ1n) is 7.71. The van der Waals surface area contributed by atoms with Gasteiger partial charge < -0.3 is 9.47 Å². The maximum atomic E-state index is 6.04. The third-order valence-corrected chi connectivity index (χ3v) is 3.79. The van der Waals surface area contributed by atoms with Crippen molar-refractivity contribution in [2.75, 3.05) is 5.33 Å². The fourth-order valence-corrected chi connectivity index (χ4v) is 2.44. The Morgan fingerprint density at radius 2 is 1.64 bits per heavy atom. The number of hydrogen-bond donors (Lipinski definition) is 0. The van der Waals surface area contributed by atoms with Gasteiger partial charge in [0, 0.05) is 10.9 Å². The molecule has 0 aromatic heterocycles. The van der Waals surface area contributed by atoms with Gasteiger partial charge in [-0.3, -0.25) is 0 Å². The van der Waals surface area contributed by atoms with E-state index in [1.165, 1.54) is 5.56 Å². The Labute approximate surface area is 141 Å². The molecule has 0 heterocycles. The third-order valence-electron chi connectivity index (χ3n) is 3.23. The molecule has 0 fully saturated rings. The molecule has 0 aliphatic carbocycles. The maximum absolute atomic E-state index is 6.04. The predicted octanol–water partition coefficient (Wildman–Crippen LogP) is 5.52. The summed E-state index contributed by atoms with van der Waals surface area (Å²) in [4.78, 5) is 0. The van der Waals surface area contributed by atoms with E-state index in [0.717, 1.165) is 29.5 Å². The summed E-state index contributed by atoms with van der Waals surface area (Å²) in [5, 5.41) is 1.03. The molecule has 0 spiro atoms. The van der Waals surface area contributed by atoms with Crippen LogP contribution < -0.4 is 4.74 Å². The van der Waals surface area contributed by atoms with Gasteiger partial charge in [-0.25, -0.2) is 0 Å². The summed E-state index contributed by atoms with van der Waals surface area (Å²) < 4.78 is 11.9. The molecular formula is C19H23BrO2. The van der Waals surface area contributed by atoms with Gasteiger partial charge in [0.2, 0.25) is 6.29 Å². The average molecular weight is 363 g/mol. The second kappa shape index (κ2) is 8.96. The molecule has 2 aromatic carbocycles. The van der Waals surface area contributed by atoms with Gasteiger partial charge in [0.05, 0.1) is 6.10 Å². The predicted molar refractivity (Wildman–Crippen MR) is 94.6 cm³/mol.